The molecule has 0 radical (unpaired) electrons. The number of rotatable bonds is 8. The summed E-state index contributed by atoms with van der Waals surface area (Å²) in [7, 11) is 1.41. The van der Waals surface area contributed by atoms with E-state index >= 15 is 0 Å². The van der Waals surface area contributed by atoms with E-state index in [0.717, 1.165) is 25.0 Å². The van der Waals surface area contributed by atoms with Gasteiger partial charge in [-0.25, -0.2) is 4.79 Å². The predicted molar refractivity (Wildman–Crippen MR) is 125 cm³/mol. The molecule has 0 bridgehead atoms. The molecule has 2 aromatic rings. The molecule has 11 nitrogen and oxygen atoms in total. The third kappa shape index (κ3) is 5.33. The van der Waals surface area contributed by atoms with E-state index in [1.54, 1.807) is 11.0 Å². The average Bonchev–Trinajstić information content (AvgIpc) is 3.46. The molecule has 3 N–H and O–H groups in total. The molecule has 1 aliphatic heterocycles. The molecule has 1 saturated carbocycles. The molecule has 0 spiro atoms. The van der Waals surface area contributed by atoms with Crippen LogP contribution in [-0.4, -0.2) is 70.4 Å². The van der Waals surface area contributed by atoms with E-state index in [1.165, 1.54) is 19.2 Å². The zero-order valence-electron chi connectivity index (χ0n) is 19.9. The number of hydrogen-bond acceptors (Lipinski definition) is 8. The second-order valence-electron chi connectivity index (χ2n) is 9.08. The predicted octanol–water partition coefficient (Wildman–Crippen LogP) is 3.21. The number of phenols is 1. The maximum atomic E-state index is 12.4. The van der Waals surface area contributed by atoms with Crippen LogP contribution in [0.5, 0.6) is 17.2 Å². The van der Waals surface area contributed by atoms with Gasteiger partial charge in [0.05, 0.1) is 12.7 Å². The largest absolute Gasteiger partial charge is 0.507 e. The van der Waals surface area contributed by atoms with Gasteiger partial charge in [-0.2, -0.15) is 5.10 Å². The first kappa shape index (κ1) is 24.4. The number of anilines is 1. The lowest BCUT2D eigenvalue weighted by Gasteiger charge is -2.44. The number of carbonyl (C=O) groups is 3. The van der Waals surface area contributed by atoms with Crippen LogP contribution >= 0.6 is 0 Å². The molecule has 4 atom stereocenters. The molecule has 1 aromatic heterocycles. The molecule has 2 amide bonds. The average molecular weight is 487 g/mol. The number of nitrogens with one attached hydrogen (secondary N) is 2. The van der Waals surface area contributed by atoms with Crippen molar-refractivity contribution in [3.63, 3.8) is 0 Å². The fourth-order valence-corrected chi connectivity index (χ4v) is 4.79. The minimum atomic E-state index is -0.488. The summed E-state index contributed by atoms with van der Waals surface area (Å²) in [5.41, 5.74) is 0.779. The van der Waals surface area contributed by atoms with Crippen molar-refractivity contribution in [3.05, 3.63) is 29.5 Å². The third-order valence-corrected chi connectivity index (χ3v) is 6.61. The van der Waals surface area contributed by atoms with Crippen LogP contribution in [0.25, 0.3) is 0 Å². The van der Waals surface area contributed by atoms with Crippen LogP contribution in [0.3, 0.4) is 0 Å². The Morgan fingerprint density at radius 1 is 1.23 bits per heavy atom. The quantitative estimate of drug-likeness (QED) is 0.483. The highest BCUT2D eigenvalue weighted by molar-refractivity contribution is 5.91. The van der Waals surface area contributed by atoms with Crippen molar-refractivity contribution in [3.8, 4) is 17.2 Å². The second kappa shape index (κ2) is 10.2. The van der Waals surface area contributed by atoms with Gasteiger partial charge in [0.2, 0.25) is 0 Å². The standard InChI is InChI=1S/C24H30N4O7/c1-13-6-14(2)28(13)24(32)35-16-5-4-15(7-16)19-10-22(27-26-19)25-23(31)12-34-21-9-17(33-3)8-20(30)18(21)11-29/h8-11,13-16,30H,4-7,12H2,1-3H3,(H2,25,26,27,31)/t13-,14+,15-,16+/m0/s1. The van der Waals surface area contributed by atoms with Gasteiger partial charge in [-0.1, -0.05) is 0 Å². The van der Waals surface area contributed by atoms with Gasteiger partial charge < -0.3 is 29.5 Å². The Labute approximate surface area is 202 Å². The number of methoxy groups -OCH3 is 1. The van der Waals surface area contributed by atoms with Crippen molar-refractivity contribution in [2.75, 3.05) is 19.0 Å². The number of aromatic amines is 1. The first-order valence-corrected chi connectivity index (χ1v) is 11.6. The lowest BCUT2D eigenvalue weighted by atomic mass is 9.97. The molecule has 1 aromatic carbocycles. The first-order chi connectivity index (χ1) is 16.8. The summed E-state index contributed by atoms with van der Waals surface area (Å²) in [4.78, 5) is 37.8. The zero-order chi connectivity index (χ0) is 25.1. The highest BCUT2D eigenvalue weighted by Gasteiger charge is 2.39. The van der Waals surface area contributed by atoms with Gasteiger partial charge in [0.15, 0.2) is 18.7 Å². The van der Waals surface area contributed by atoms with Crippen LogP contribution in [-0.2, 0) is 9.53 Å². The van der Waals surface area contributed by atoms with Gasteiger partial charge in [-0.05, 0) is 39.5 Å². The van der Waals surface area contributed by atoms with E-state index in [4.69, 9.17) is 14.2 Å². The molecule has 35 heavy (non-hydrogen) atoms. The van der Waals surface area contributed by atoms with Gasteiger partial charge in [-0.3, -0.25) is 14.7 Å². The Bertz CT molecular complexity index is 1090. The fraction of sp³-hybridized carbons (Fsp3) is 0.500. The van der Waals surface area contributed by atoms with Crippen LogP contribution < -0.4 is 14.8 Å². The summed E-state index contributed by atoms with van der Waals surface area (Å²) in [6.45, 7) is 3.64. The summed E-state index contributed by atoms with van der Waals surface area (Å²) < 4.78 is 16.2. The Balaban J connectivity index is 1.28. The Kier molecular flexibility index (Phi) is 7.13. The van der Waals surface area contributed by atoms with E-state index in [9.17, 15) is 19.5 Å². The number of H-pyrrole nitrogens is 1. The molecule has 2 aliphatic rings. The third-order valence-electron chi connectivity index (χ3n) is 6.61. The fourth-order valence-electron chi connectivity index (χ4n) is 4.79. The molecule has 4 rings (SSSR count). The number of nitrogens with zero attached hydrogens (tertiary/aromatic N) is 2. The van der Waals surface area contributed by atoms with Crippen LogP contribution in [0.2, 0.25) is 0 Å². The van der Waals surface area contributed by atoms with Crippen molar-refractivity contribution in [2.24, 2.45) is 0 Å². The Morgan fingerprint density at radius 3 is 2.69 bits per heavy atom. The SMILES string of the molecule is COc1cc(O)c(C=O)c(OCC(=O)Nc2cc([C@H]3CC[C@@H](OC(=O)N4[C@H](C)C[C@@H]4C)C3)[nH]n2)c1. The van der Waals surface area contributed by atoms with Crippen LogP contribution in [0.15, 0.2) is 18.2 Å². The number of ether oxygens (including phenoxy) is 3. The summed E-state index contributed by atoms with van der Waals surface area (Å²) in [5, 5.41) is 19.6. The second-order valence-corrected chi connectivity index (χ2v) is 9.08. The lowest BCUT2D eigenvalue weighted by molar-refractivity contribution is -0.118. The Hall–Kier alpha value is -3.76. The number of carbonyl (C=O) groups excluding carboxylic acids is 3. The first-order valence-electron chi connectivity index (χ1n) is 11.6. The number of benzene rings is 1. The Morgan fingerprint density at radius 2 is 2.00 bits per heavy atom. The maximum Gasteiger partial charge on any atom is 0.410 e. The molecule has 1 saturated heterocycles. The van der Waals surface area contributed by atoms with E-state index in [-0.39, 0.29) is 53.0 Å². The van der Waals surface area contributed by atoms with E-state index < -0.39 is 12.5 Å². The molecule has 11 heteroatoms. The monoisotopic (exact) mass is 486 g/mol. The van der Waals surface area contributed by atoms with Crippen molar-refractivity contribution in [2.45, 2.75) is 63.6 Å². The summed E-state index contributed by atoms with van der Waals surface area (Å²) >= 11 is 0. The molecule has 1 aliphatic carbocycles. The minimum Gasteiger partial charge on any atom is -0.507 e. The topological polar surface area (TPSA) is 143 Å². The van der Waals surface area contributed by atoms with E-state index in [1.807, 2.05) is 13.8 Å². The van der Waals surface area contributed by atoms with Crippen molar-refractivity contribution in [1.82, 2.24) is 15.1 Å². The van der Waals surface area contributed by atoms with Gasteiger partial charge in [0.1, 0.15) is 23.4 Å². The summed E-state index contributed by atoms with van der Waals surface area (Å²) in [5.74, 6) is 0.00210. The summed E-state index contributed by atoms with van der Waals surface area (Å²) in [6.07, 6.45) is 3.35. The number of hydrogen-bond donors (Lipinski definition) is 3. The van der Waals surface area contributed by atoms with E-state index in [0.29, 0.717) is 18.5 Å². The number of aldehydes is 1. The van der Waals surface area contributed by atoms with Crippen molar-refractivity contribution in [1.29, 1.82) is 0 Å². The molecule has 188 valence electrons. The van der Waals surface area contributed by atoms with Crippen LogP contribution in [0.1, 0.15) is 61.5 Å². The lowest BCUT2D eigenvalue weighted by Crippen LogP contribution is -2.56. The van der Waals surface area contributed by atoms with Crippen LogP contribution in [0, 0.1) is 0 Å². The molecule has 2 fully saturated rings. The van der Waals surface area contributed by atoms with E-state index in [2.05, 4.69) is 15.5 Å². The summed E-state index contributed by atoms with van der Waals surface area (Å²) in [6, 6.07) is 4.88. The van der Waals surface area contributed by atoms with Gasteiger partial charge in [-0.15, -0.1) is 0 Å². The van der Waals surface area contributed by atoms with Crippen molar-refractivity contribution >= 4 is 24.1 Å². The minimum absolute atomic E-state index is 0.0308. The number of phenolic OH excluding ortho intramolecular Hbond substituents is 1. The van der Waals surface area contributed by atoms with Crippen LogP contribution in [0.4, 0.5) is 10.6 Å². The number of aromatic hydroxyl groups is 1. The van der Waals surface area contributed by atoms with Gasteiger partial charge >= 0.3 is 6.09 Å². The zero-order valence-corrected chi connectivity index (χ0v) is 19.9. The molecule has 0 unspecified atom stereocenters. The molecular formula is C24H30N4O7. The maximum absolute atomic E-state index is 12.4. The number of aromatic nitrogens is 2. The number of likely N-dealkylation sites (tertiary alicyclic amines) is 1. The highest BCUT2D eigenvalue weighted by atomic mass is 16.6. The van der Waals surface area contributed by atoms with Gasteiger partial charge in [0.25, 0.3) is 5.91 Å². The smallest absolute Gasteiger partial charge is 0.410 e. The van der Waals surface area contributed by atoms with Gasteiger partial charge in [0, 0.05) is 41.9 Å². The molecular weight excluding hydrogens is 456 g/mol. The highest BCUT2D eigenvalue weighted by Crippen LogP contribution is 2.37. The van der Waals surface area contributed by atoms with Crippen molar-refractivity contribution < 1.29 is 33.7 Å². The normalized spacial score (nSPS) is 23.3. The number of amides is 2. The molecule has 2 heterocycles.